The van der Waals surface area contributed by atoms with Crippen molar-refractivity contribution in [1.29, 1.82) is 0 Å². The van der Waals surface area contributed by atoms with E-state index in [4.69, 9.17) is 11.6 Å². The zero-order valence-corrected chi connectivity index (χ0v) is 8.82. The predicted octanol–water partition coefficient (Wildman–Crippen LogP) is 2.07. The van der Waals surface area contributed by atoms with Crippen molar-refractivity contribution in [2.24, 2.45) is 0 Å². The van der Waals surface area contributed by atoms with Gasteiger partial charge in [0, 0.05) is 24.7 Å². The summed E-state index contributed by atoms with van der Waals surface area (Å²) in [4.78, 5) is 10.5. The molecule has 3 nitrogen and oxygen atoms in total. The van der Waals surface area contributed by atoms with Crippen LogP contribution >= 0.6 is 11.6 Å². The molecule has 0 aliphatic carbocycles. The second kappa shape index (κ2) is 4.60. The van der Waals surface area contributed by atoms with E-state index >= 15 is 0 Å². The molecule has 2 rings (SSSR count). The Bertz CT molecular complexity index is 278. The zero-order chi connectivity index (χ0) is 9.80. The van der Waals surface area contributed by atoms with E-state index in [9.17, 15) is 0 Å². The second-order valence-corrected chi connectivity index (χ2v) is 3.87. The van der Waals surface area contributed by atoms with Crippen LogP contribution in [0.25, 0.3) is 0 Å². The Balaban J connectivity index is 2.15. The molecule has 1 saturated heterocycles. The Morgan fingerprint density at radius 3 is 3.14 bits per heavy atom. The van der Waals surface area contributed by atoms with Crippen LogP contribution in [0, 0.1) is 0 Å². The van der Waals surface area contributed by atoms with E-state index in [1.165, 1.54) is 19.3 Å². The van der Waals surface area contributed by atoms with Crippen molar-refractivity contribution >= 4 is 17.4 Å². The smallest absolute Gasteiger partial charge is 0.132 e. The molecule has 1 unspecified atom stereocenters. The van der Waals surface area contributed by atoms with Gasteiger partial charge in [-0.15, -0.1) is 11.6 Å². The van der Waals surface area contributed by atoms with E-state index in [0.717, 1.165) is 12.4 Å². The Hall–Kier alpha value is -0.830. The van der Waals surface area contributed by atoms with E-state index in [1.807, 2.05) is 6.07 Å². The average molecular weight is 212 g/mol. The van der Waals surface area contributed by atoms with Gasteiger partial charge in [0.25, 0.3) is 0 Å². The van der Waals surface area contributed by atoms with Crippen molar-refractivity contribution in [3.63, 3.8) is 0 Å². The second-order valence-electron chi connectivity index (χ2n) is 3.56. The number of aromatic nitrogens is 2. The van der Waals surface area contributed by atoms with Crippen LogP contribution in [0.2, 0.25) is 0 Å². The van der Waals surface area contributed by atoms with Crippen LogP contribution in [-0.2, 0) is 0 Å². The lowest BCUT2D eigenvalue weighted by molar-refractivity contribution is 0.484. The maximum absolute atomic E-state index is 5.94. The lowest BCUT2D eigenvalue weighted by atomic mass is 10.0. The Morgan fingerprint density at radius 1 is 1.50 bits per heavy atom. The monoisotopic (exact) mass is 211 g/mol. The normalized spacial score (nSPS) is 22.4. The summed E-state index contributed by atoms with van der Waals surface area (Å²) in [6.07, 6.45) is 7.06. The van der Waals surface area contributed by atoms with Gasteiger partial charge >= 0.3 is 0 Å². The van der Waals surface area contributed by atoms with E-state index in [0.29, 0.717) is 11.9 Å². The molecule has 2 heterocycles. The lowest BCUT2D eigenvalue weighted by Gasteiger charge is -2.35. The minimum atomic E-state index is 0.445. The number of anilines is 1. The fraction of sp³-hybridized carbons (Fsp3) is 0.600. The molecule has 1 aromatic heterocycles. The molecule has 4 heteroatoms. The molecule has 1 aliphatic rings. The van der Waals surface area contributed by atoms with Crippen LogP contribution in [0.15, 0.2) is 18.6 Å². The fourth-order valence-corrected chi connectivity index (χ4v) is 2.24. The van der Waals surface area contributed by atoms with Gasteiger partial charge in [-0.25, -0.2) is 9.97 Å². The van der Waals surface area contributed by atoms with Crippen LogP contribution in [-0.4, -0.2) is 28.4 Å². The molecule has 1 atom stereocenters. The first-order valence-corrected chi connectivity index (χ1v) is 5.54. The molecule has 1 aliphatic heterocycles. The maximum atomic E-state index is 5.94. The minimum absolute atomic E-state index is 0.445. The maximum Gasteiger partial charge on any atom is 0.132 e. The highest BCUT2D eigenvalue weighted by atomic mass is 35.5. The molecule has 1 aromatic rings. The van der Waals surface area contributed by atoms with E-state index in [1.54, 1.807) is 12.5 Å². The minimum Gasteiger partial charge on any atom is -0.352 e. The highest BCUT2D eigenvalue weighted by molar-refractivity contribution is 6.18. The van der Waals surface area contributed by atoms with Crippen molar-refractivity contribution in [2.45, 2.75) is 25.3 Å². The van der Waals surface area contributed by atoms with Crippen molar-refractivity contribution < 1.29 is 0 Å². The molecular weight excluding hydrogens is 198 g/mol. The van der Waals surface area contributed by atoms with Crippen molar-refractivity contribution in [2.75, 3.05) is 17.3 Å². The van der Waals surface area contributed by atoms with Crippen molar-refractivity contribution in [1.82, 2.24) is 9.97 Å². The number of hydrogen-bond donors (Lipinski definition) is 0. The molecule has 0 spiro atoms. The molecule has 0 bridgehead atoms. The van der Waals surface area contributed by atoms with Gasteiger partial charge in [-0.2, -0.15) is 0 Å². The van der Waals surface area contributed by atoms with Crippen molar-refractivity contribution in [3.05, 3.63) is 18.6 Å². The number of halogens is 1. The summed E-state index contributed by atoms with van der Waals surface area (Å²) in [5, 5.41) is 0. The summed E-state index contributed by atoms with van der Waals surface area (Å²) in [5.41, 5.74) is 0. The van der Waals surface area contributed by atoms with Crippen LogP contribution in [0.5, 0.6) is 0 Å². The summed E-state index contributed by atoms with van der Waals surface area (Å²) in [5.74, 6) is 1.69. The first-order chi connectivity index (χ1) is 6.92. The molecule has 0 radical (unpaired) electrons. The van der Waals surface area contributed by atoms with Crippen LogP contribution in [0.1, 0.15) is 19.3 Å². The third-order valence-electron chi connectivity index (χ3n) is 2.67. The van der Waals surface area contributed by atoms with Gasteiger partial charge in [0.1, 0.15) is 12.1 Å². The Kier molecular flexibility index (Phi) is 3.19. The number of hydrogen-bond acceptors (Lipinski definition) is 3. The van der Waals surface area contributed by atoms with Crippen LogP contribution < -0.4 is 4.90 Å². The molecule has 76 valence electrons. The number of alkyl halides is 1. The van der Waals surface area contributed by atoms with Gasteiger partial charge < -0.3 is 4.90 Å². The molecule has 0 saturated carbocycles. The largest absolute Gasteiger partial charge is 0.352 e. The average Bonchev–Trinajstić information content (AvgIpc) is 2.30. The van der Waals surface area contributed by atoms with Gasteiger partial charge in [-0.05, 0) is 25.3 Å². The lowest BCUT2D eigenvalue weighted by Crippen LogP contribution is -2.41. The first-order valence-electron chi connectivity index (χ1n) is 5.00. The summed E-state index contributed by atoms with van der Waals surface area (Å²) < 4.78 is 0. The molecule has 14 heavy (non-hydrogen) atoms. The fourth-order valence-electron chi connectivity index (χ4n) is 1.92. The Labute approximate surface area is 89.1 Å². The standard InChI is InChI=1S/C10H14ClN3/c11-7-9-3-1-2-6-14(9)10-4-5-12-8-13-10/h4-5,8-9H,1-3,6-7H2. The first kappa shape index (κ1) is 9.71. The Morgan fingerprint density at radius 2 is 2.43 bits per heavy atom. The number of nitrogens with zero attached hydrogens (tertiary/aromatic N) is 3. The summed E-state index contributed by atoms with van der Waals surface area (Å²) in [6.45, 7) is 1.06. The number of piperidine rings is 1. The van der Waals surface area contributed by atoms with Gasteiger partial charge in [-0.3, -0.25) is 0 Å². The molecule has 0 amide bonds. The molecule has 0 N–H and O–H groups in total. The van der Waals surface area contributed by atoms with E-state index in [-0.39, 0.29) is 0 Å². The van der Waals surface area contributed by atoms with Crippen LogP contribution in [0.3, 0.4) is 0 Å². The van der Waals surface area contributed by atoms with E-state index < -0.39 is 0 Å². The molecule has 1 fully saturated rings. The highest BCUT2D eigenvalue weighted by Gasteiger charge is 2.22. The van der Waals surface area contributed by atoms with Gasteiger partial charge in [0.05, 0.1) is 0 Å². The van der Waals surface area contributed by atoms with Gasteiger partial charge in [0.2, 0.25) is 0 Å². The quantitative estimate of drug-likeness (QED) is 0.702. The summed E-state index contributed by atoms with van der Waals surface area (Å²) >= 11 is 5.94. The van der Waals surface area contributed by atoms with Crippen LogP contribution in [0.4, 0.5) is 5.82 Å². The van der Waals surface area contributed by atoms with E-state index in [2.05, 4.69) is 14.9 Å². The summed E-state index contributed by atoms with van der Waals surface area (Å²) in [6, 6.07) is 2.39. The summed E-state index contributed by atoms with van der Waals surface area (Å²) in [7, 11) is 0. The third kappa shape index (κ3) is 1.98. The number of rotatable bonds is 2. The zero-order valence-electron chi connectivity index (χ0n) is 8.06. The molecular formula is C10H14ClN3. The molecule has 0 aromatic carbocycles. The highest BCUT2D eigenvalue weighted by Crippen LogP contribution is 2.22. The predicted molar refractivity (Wildman–Crippen MR) is 57.7 cm³/mol. The van der Waals surface area contributed by atoms with Crippen molar-refractivity contribution in [3.8, 4) is 0 Å². The topological polar surface area (TPSA) is 29.0 Å². The van der Waals surface area contributed by atoms with Gasteiger partial charge in [-0.1, -0.05) is 0 Å². The van der Waals surface area contributed by atoms with Gasteiger partial charge in [0.15, 0.2) is 0 Å². The third-order valence-corrected chi connectivity index (χ3v) is 3.02. The SMILES string of the molecule is ClCC1CCCCN1c1ccncn1.